The standard InChI is InChI=1S/C22H19N3.C13H9BrN2O2/c1-24-12-18(17-11-23-21-9-5-3-7-15(17)21)19(13-24)20-14-25(2)22-10-6-4-8-16(20)22;1-16-12(17)10(11(14)13(16)18)8-6-15-9-5-3-2-4-7(8)9/h3-14,23H,1-2H3;2-6,15H,1H3. The van der Waals surface area contributed by atoms with Gasteiger partial charge in [-0.3, -0.25) is 14.5 Å². The largest absolute Gasteiger partial charge is 0.361 e. The lowest BCUT2D eigenvalue weighted by atomic mass is 9.98. The van der Waals surface area contributed by atoms with E-state index in [1.165, 1.54) is 51.1 Å². The summed E-state index contributed by atoms with van der Waals surface area (Å²) in [4.78, 5) is 31.4. The van der Waals surface area contributed by atoms with E-state index < -0.39 is 0 Å². The highest BCUT2D eigenvalue weighted by atomic mass is 79.9. The van der Waals surface area contributed by atoms with Crippen molar-refractivity contribution < 1.29 is 9.59 Å². The maximum absolute atomic E-state index is 12.1. The number of hydrogen-bond donors (Lipinski definition) is 2. The van der Waals surface area contributed by atoms with E-state index in [1.807, 2.05) is 24.3 Å². The highest BCUT2D eigenvalue weighted by molar-refractivity contribution is 9.12. The first-order chi connectivity index (χ1) is 20.8. The predicted octanol–water partition coefficient (Wildman–Crippen LogP) is 7.60. The van der Waals surface area contributed by atoms with Crippen LogP contribution in [0.25, 0.3) is 60.5 Å². The molecule has 7 nitrogen and oxygen atoms in total. The molecule has 7 aromatic rings. The van der Waals surface area contributed by atoms with Crippen molar-refractivity contribution in [3.8, 4) is 22.3 Å². The summed E-state index contributed by atoms with van der Waals surface area (Å²) in [6.07, 6.45) is 10.5. The summed E-state index contributed by atoms with van der Waals surface area (Å²) < 4.78 is 4.67. The summed E-state index contributed by atoms with van der Waals surface area (Å²) in [5.74, 6) is -0.586. The number of likely N-dealkylation sites (N-methyl/N-ethyl adjacent to an activating group) is 1. The van der Waals surface area contributed by atoms with Gasteiger partial charge < -0.3 is 19.1 Å². The van der Waals surface area contributed by atoms with Crippen molar-refractivity contribution in [1.29, 1.82) is 0 Å². The minimum Gasteiger partial charge on any atom is -0.361 e. The fraction of sp³-hybridized carbons (Fsp3) is 0.0857. The molecular formula is C35H28BrN5O2. The first kappa shape index (κ1) is 26.8. The molecule has 1 aliphatic rings. The van der Waals surface area contributed by atoms with E-state index in [-0.39, 0.29) is 11.8 Å². The van der Waals surface area contributed by atoms with Gasteiger partial charge in [-0.2, -0.15) is 0 Å². The van der Waals surface area contributed by atoms with Gasteiger partial charge in [0.1, 0.15) is 0 Å². The Labute approximate surface area is 256 Å². The first-order valence-electron chi connectivity index (χ1n) is 13.9. The quantitative estimate of drug-likeness (QED) is 0.197. The maximum atomic E-state index is 12.1. The lowest BCUT2D eigenvalue weighted by molar-refractivity contribution is -0.134. The van der Waals surface area contributed by atoms with Gasteiger partial charge in [-0.05, 0) is 34.1 Å². The molecular weight excluding hydrogens is 602 g/mol. The van der Waals surface area contributed by atoms with Gasteiger partial charge in [-0.25, -0.2) is 0 Å². The van der Waals surface area contributed by atoms with Gasteiger partial charge in [0.05, 0.1) is 10.1 Å². The lowest BCUT2D eigenvalue weighted by Crippen LogP contribution is -2.26. The van der Waals surface area contributed by atoms with E-state index in [9.17, 15) is 9.59 Å². The number of aromatic amines is 2. The van der Waals surface area contributed by atoms with Crippen LogP contribution < -0.4 is 0 Å². The number of benzene rings is 3. The van der Waals surface area contributed by atoms with Crippen LogP contribution in [0.15, 0.2) is 108 Å². The van der Waals surface area contributed by atoms with Crippen LogP contribution in [0, 0.1) is 0 Å². The van der Waals surface area contributed by atoms with E-state index in [1.54, 1.807) is 6.20 Å². The zero-order valence-corrected chi connectivity index (χ0v) is 25.4. The number of rotatable bonds is 3. The molecule has 212 valence electrons. The number of aromatic nitrogens is 4. The Morgan fingerprint density at radius 2 is 1.12 bits per heavy atom. The molecule has 1 aliphatic heterocycles. The van der Waals surface area contributed by atoms with E-state index >= 15 is 0 Å². The number of carbonyl (C=O) groups excluding carboxylic acids is 2. The monoisotopic (exact) mass is 629 g/mol. The highest BCUT2D eigenvalue weighted by Crippen LogP contribution is 2.40. The SMILES string of the molecule is CN1C(=O)C(Br)=C(c2c[nH]c3ccccc23)C1=O.Cn1cc(-c2c[nH]c3ccccc23)c(-c2cn(C)c3ccccc23)c1. The molecule has 0 bridgehead atoms. The van der Waals surface area contributed by atoms with Crippen LogP contribution in [0.3, 0.4) is 0 Å². The Balaban J connectivity index is 0.000000148. The van der Waals surface area contributed by atoms with Crippen LogP contribution in [0.2, 0.25) is 0 Å². The van der Waals surface area contributed by atoms with E-state index in [2.05, 4.69) is 122 Å². The number of H-pyrrole nitrogens is 2. The number of aryl methyl sites for hydroxylation is 2. The summed E-state index contributed by atoms with van der Waals surface area (Å²) in [5.41, 5.74) is 9.59. The van der Waals surface area contributed by atoms with Crippen LogP contribution in [0.1, 0.15) is 5.56 Å². The normalized spacial score (nSPS) is 13.5. The zero-order chi connectivity index (χ0) is 29.8. The van der Waals surface area contributed by atoms with Crippen LogP contribution in [0.4, 0.5) is 0 Å². The fourth-order valence-electron chi connectivity index (χ4n) is 5.98. The van der Waals surface area contributed by atoms with Crippen molar-refractivity contribution in [1.82, 2.24) is 24.0 Å². The molecule has 0 fully saturated rings. The van der Waals surface area contributed by atoms with Crippen molar-refractivity contribution in [3.63, 3.8) is 0 Å². The third-order valence-corrected chi connectivity index (χ3v) is 8.85. The smallest absolute Gasteiger partial charge is 0.268 e. The molecule has 0 saturated carbocycles. The van der Waals surface area contributed by atoms with Gasteiger partial charge in [0.15, 0.2) is 0 Å². The molecule has 8 rings (SSSR count). The maximum Gasteiger partial charge on any atom is 0.268 e. The molecule has 0 spiro atoms. The molecule has 4 aromatic heterocycles. The summed E-state index contributed by atoms with van der Waals surface area (Å²) >= 11 is 3.21. The van der Waals surface area contributed by atoms with Crippen LogP contribution in [0.5, 0.6) is 0 Å². The van der Waals surface area contributed by atoms with Gasteiger partial charge in [-0.15, -0.1) is 0 Å². The van der Waals surface area contributed by atoms with Crippen molar-refractivity contribution >= 4 is 66.0 Å². The second-order valence-electron chi connectivity index (χ2n) is 10.8. The van der Waals surface area contributed by atoms with Gasteiger partial charge in [0.2, 0.25) is 0 Å². The third kappa shape index (κ3) is 4.33. The topological polar surface area (TPSA) is 78.8 Å². The van der Waals surface area contributed by atoms with E-state index in [0.29, 0.717) is 10.1 Å². The molecule has 2 amide bonds. The zero-order valence-electron chi connectivity index (χ0n) is 23.9. The van der Waals surface area contributed by atoms with Crippen molar-refractivity contribution in [2.75, 3.05) is 7.05 Å². The van der Waals surface area contributed by atoms with Gasteiger partial charge in [0.25, 0.3) is 11.8 Å². The number of carbonyl (C=O) groups is 2. The molecule has 8 heteroatoms. The van der Waals surface area contributed by atoms with Crippen molar-refractivity contribution in [2.24, 2.45) is 14.1 Å². The summed E-state index contributed by atoms with van der Waals surface area (Å²) in [5, 5.41) is 3.48. The molecule has 2 N–H and O–H groups in total. The summed E-state index contributed by atoms with van der Waals surface area (Å²) in [6.45, 7) is 0. The number of halogens is 1. The molecule has 5 heterocycles. The van der Waals surface area contributed by atoms with Crippen molar-refractivity contribution in [3.05, 3.63) is 114 Å². The van der Waals surface area contributed by atoms with Gasteiger partial charge >= 0.3 is 0 Å². The Kier molecular flexibility index (Phi) is 6.43. The Bertz CT molecular complexity index is 2240. The molecule has 0 unspecified atom stereocenters. The first-order valence-corrected chi connectivity index (χ1v) is 14.7. The summed E-state index contributed by atoms with van der Waals surface area (Å²) in [7, 11) is 5.68. The molecule has 0 aliphatic carbocycles. The van der Waals surface area contributed by atoms with Crippen LogP contribution in [-0.4, -0.2) is 42.9 Å². The predicted molar refractivity (Wildman–Crippen MR) is 177 cm³/mol. The van der Waals surface area contributed by atoms with Gasteiger partial charge in [0, 0.05) is 113 Å². The van der Waals surface area contributed by atoms with Crippen molar-refractivity contribution in [2.45, 2.75) is 0 Å². The molecule has 0 atom stereocenters. The second kappa shape index (κ2) is 10.3. The number of hydrogen-bond acceptors (Lipinski definition) is 2. The molecule has 3 aromatic carbocycles. The average molecular weight is 631 g/mol. The molecule has 0 saturated heterocycles. The number of imide groups is 1. The fourth-order valence-corrected chi connectivity index (χ4v) is 6.63. The third-order valence-electron chi connectivity index (χ3n) is 8.11. The number of para-hydroxylation sites is 3. The number of amides is 2. The number of nitrogens with zero attached hydrogens (tertiary/aromatic N) is 3. The minimum atomic E-state index is -0.305. The van der Waals surface area contributed by atoms with Crippen LogP contribution >= 0.6 is 15.9 Å². The second-order valence-corrected chi connectivity index (χ2v) is 11.6. The summed E-state index contributed by atoms with van der Waals surface area (Å²) in [6, 6.07) is 24.7. The van der Waals surface area contributed by atoms with E-state index in [0.717, 1.165) is 21.4 Å². The Morgan fingerprint density at radius 3 is 1.74 bits per heavy atom. The Hall–Kier alpha value is -5.08. The lowest BCUT2D eigenvalue weighted by Gasteiger charge is -2.05. The number of nitrogens with one attached hydrogen (secondary N) is 2. The van der Waals surface area contributed by atoms with Gasteiger partial charge in [-0.1, -0.05) is 54.6 Å². The molecule has 0 radical (unpaired) electrons. The minimum absolute atomic E-state index is 0.281. The van der Waals surface area contributed by atoms with Crippen LogP contribution in [-0.2, 0) is 23.7 Å². The average Bonchev–Trinajstić information content (AvgIpc) is 3.83. The number of fused-ring (bicyclic) bond motifs is 3. The Morgan fingerprint density at radius 1 is 0.581 bits per heavy atom. The molecule has 43 heavy (non-hydrogen) atoms. The van der Waals surface area contributed by atoms with E-state index in [4.69, 9.17) is 0 Å². The highest BCUT2D eigenvalue weighted by Gasteiger charge is 2.36.